The van der Waals surface area contributed by atoms with E-state index in [4.69, 9.17) is 4.74 Å². The normalized spacial score (nSPS) is 16.1. The highest BCUT2D eigenvalue weighted by Gasteiger charge is 2.20. The Balaban J connectivity index is 0.00000480. The lowest BCUT2D eigenvalue weighted by Crippen LogP contribution is -2.49. The van der Waals surface area contributed by atoms with Crippen LogP contribution in [0.4, 0.5) is 0 Å². The second kappa shape index (κ2) is 14.2. The van der Waals surface area contributed by atoms with Crippen molar-refractivity contribution in [3.8, 4) is 5.75 Å². The van der Waals surface area contributed by atoms with Gasteiger partial charge in [0, 0.05) is 38.5 Å². The minimum absolute atomic E-state index is 0. The van der Waals surface area contributed by atoms with Crippen molar-refractivity contribution in [1.82, 2.24) is 15.5 Å². The third-order valence-corrected chi connectivity index (χ3v) is 6.13. The molecule has 0 radical (unpaired) electrons. The molecule has 1 fully saturated rings. The molecule has 1 heterocycles. The molecule has 0 saturated carbocycles. The van der Waals surface area contributed by atoms with Gasteiger partial charge in [0.1, 0.15) is 22.2 Å². The number of halogens is 1. The van der Waals surface area contributed by atoms with Gasteiger partial charge in [-0.15, -0.1) is 24.0 Å². The van der Waals surface area contributed by atoms with E-state index in [2.05, 4.69) is 47.4 Å². The molecule has 2 N–H and O–H groups in total. The Bertz CT molecular complexity index is 779. The van der Waals surface area contributed by atoms with Crippen molar-refractivity contribution in [3.63, 3.8) is 0 Å². The van der Waals surface area contributed by atoms with Crippen LogP contribution in [0.3, 0.4) is 0 Å². The van der Waals surface area contributed by atoms with Gasteiger partial charge in [-0.05, 0) is 37.3 Å². The standard InChI is InChI=1S/C22H38N4O3S.HI/c1-5-23-22(24-12-16-29-21-9-7-6-8-20(21)18(2)3)25-19-10-13-26(14-11-19)15-17-30(4,27)28;/h6-9,18-19H,5,10-17H2,1-4H3,(H2,23,24,25);1H. The Morgan fingerprint density at radius 1 is 1.26 bits per heavy atom. The van der Waals surface area contributed by atoms with Crippen molar-refractivity contribution >= 4 is 39.8 Å². The molecule has 9 heteroatoms. The van der Waals surface area contributed by atoms with Gasteiger partial charge < -0.3 is 20.3 Å². The zero-order chi connectivity index (χ0) is 22.0. The largest absolute Gasteiger partial charge is 0.491 e. The number of guanidine groups is 1. The quantitative estimate of drug-likeness (QED) is 0.196. The fraction of sp³-hybridized carbons (Fsp3) is 0.682. The molecule has 0 aliphatic carbocycles. The highest BCUT2D eigenvalue weighted by molar-refractivity contribution is 14.0. The summed E-state index contributed by atoms with van der Waals surface area (Å²) in [6.45, 7) is 10.7. The molecular weight excluding hydrogens is 527 g/mol. The van der Waals surface area contributed by atoms with E-state index in [9.17, 15) is 8.42 Å². The number of hydrogen-bond acceptors (Lipinski definition) is 5. The highest BCUT2D eigenvalue weighted by atomic mass is 127. The third-order valence-electron chi connectivity index (χ3n) is 5.21. The first-order valence-electron chi connectivity index (χ1n) is 10.9. The molecule has 7 nitrogen and oxygen atoms in total. The molecule has 2 rings (SSSR count). The zero-order valence-electron chi connectivity index (χ0n) is 19.3. The molecule has 1 aliphatic heterocycles. The summed E-state index contributed by atoms with van der Waals surface area (Å²) >= 11 is 0. The Labute approximate surface area is 205 Å². The minimum atomic E-state index is -2.90. The maximum atomic E-state index is 11.3. The highest BCUT2D eigenvalue weighted by Crippen LogP contribution is 2.25. The summed E-state index contributed by atoms with van der Waals surface area (Å²) in [5.74, 6) is 2.40. The van der Waals surface area contributed by atoms with Crippen molar-refractivity contribution in [2.24, 2.45) is 4.99 Å². The van der Waals surface area contributed by atoms with Crippen molar-refractivity contribution < 1.29 is 13.2 Å². The number of hydrogen-bond donors (Lipinski definition) is 2. The van der Waals surface area contributed by atoms with Crippen molar-refractivity contribution in [3.05, 3.63) is 29.8 Å². The van der Waals surface area contributed by atoms with Crippen LogP contribution in [-0.4, -0.2) is 76.7 Å². The first-order chi connectivity index (χ1) is 14.3. The van der Waals surface area contributed by atoms with Crippen molar-refractivity contribution in [2.45, 2.75) is 45.6 Å². The Kier molecular flexibility index (Phi) is 12.8. The Morgan fingerprint density at radius 3 is 2.55 bits per heavy atom. The summed E-state index contributed by atoms with van der Waals surface area (Å²) in [6, 6.07) is 8.51. The van der Waals surface area contributed by atoms with Gasteiger partial charge in [0.15, 0.2) is 5.96 Å². The number of piperidine rings is 1. The number of likely N-dealkylation sites (tertiary alicyclic amines) is 1. The molecule has 31 heavy (non-hydrogen) atoms. The lowest BCUT2D eigenvalue weighted by molar-refractivity contribution is 0.216. The summed E-state index contributed by atoms with van der Waals surface area (Å²) in [5, 5.41) is 6.82. The summed E-state index contributed by atoms with van der Waals surface area (Å²) < 4.78 is 28.7. The first-order valence-corrected chi connectivity index (χ1v) is 13.0. The third kappa shape index (κ3) is 10.9. The van der Waals surface area contributed by atoms with E-state index >= 15 is 0 Å². The predicted octanol–water partition coefficient (Wildman–Crippen LogP) is 2.87. The molecule has 1 aliphatic rings. The molecule has 178 valence electrons. The maximum absolute atomic E-state index is 11.3. The molecule has 0 amide bonds. The number of rotatable bonds is 10. The van der Waals surface area contributed by atoms with Gasteiger partial charge in [0.05, 0.1) is 12.3 Å². The van der Waals surface area contributed by atoms with E-state index in [0.717, 1.165) is 44.2 Å². The number of para-hydroxylation sites is 1. The second-order valence-electron chi connectivity index (χ2n) is 8.19. The van der Waals surface area contributed by atoms with Crippen LogP contribution in [0.5, 0.6) is 5.75 Å². The van der Waals surface area contributed by atoms with Gasteiger partial charge in [-0.1, -0.05) is 32.0 Å². The fourth-order valence-corrected chi connectivity index (χ4v) is 4.10. The van der Waals surface area contributed by atoms with E-state index in [-0.39, 0.29) is 29.7 Å². The van der Waals surface area contributed by atoms with Crippen molar-refractivity contribution in [2.75, 3.05) is 51.3 Å². The van der Waals surface area contributed by atoms with Gasteiger partial charge in [-0.2, -0.15) is 0 Å². The van der Waals surface area contributed by atoms with Gasteiger partial charge in [0.2, 0.25) is 0 Å². The topological polar surface area (TPSA) is 83.0 Å². The summed E-state index contributed by atoms with van der Waals surface area (Å²) in [5.41, 5.74) is 1.22. The molecule has 0 atom stereocenters. The van der Waals surface area contributed by atoms with E-state index in [0.29, 0.717) is 31.7 Å². The van der Waals surface area contributed by atoms with Gasteiger partial charge in [-0.3, -0.25) is 0 Å². The van der Waals surface area contributed by atoms with Crippen LogP contribution >= 0.6 is 24.0 Å². The Hall–Kier alpha value is -1.07. The molecule has 0 aromatic heterocycles. The maximum Gasteiger partial charge on any atom is 0.191 e. The first kappa shape index (κ1) is 28.0. The summed E-state index contributed by atoms with van der Waals surface area (Å²) in [7, 11) is -2.90. The van der Waals surface area contributed by atoms with Crippen LogP contribution in [0, 0.1) is 0 Å². The van der Waals surface area contributed by atoms with Crippen LogP contribution in [0.2, 0.25) is 0 Å². The Morgan fingerprint density at radius 2 is 1.94 bits per heavy atom. The lowest BCUT2D eigenvalue weighted by Gasteiger charge is -2.32. The molecule has 1 aromatic rings. The number of sulfone groups is 1. The molecule has 1 saturated heterocycles. The van der Waals surface area contributed by atoms with Crippen LogP contribution in [0.25, 0.3) is 0 Å². The molecular formula is C22H39IN4O3S. The number of nitrogens with zero attached hydrogens (tertiary/aromatic N) is 2. The van der Waals surface area contributed by atoms with E-state index < -0.39 is 9.84 Å². The van der Waals surface area contributed by atoms with E-state index in [1.807, 2.05) is 18.2 Å². The van der Waals surface area contributed by atoms with Gasteiger partial charge in [0.25, 0.3) is 0 Å². The summed E-state index contributed by atoms with van der Waals surface area (Å²) in [6.07, 6.45) is 3.25. The molecule has 1 aromatic carbocycles. The second-order valence-corrected chi connectivity index (χ2v) is 10.5. The van der Waals surface area contributed by atoms with Crippen LogP contribution in [0.1, 0.15) is 45.1 Å². The molecule has 0 unspecified atom stereocenters. The average molecular weight is 567 g/mol. The summed E-state index contributed by atoms with van der Waals surface area (Å²) in [4.78, 5) is 6.89. The van der Waals surface area contributed by atoms with Crippen LogP contribution in [-0.2, 0) is 9.84 Å². The zero-order valence-corrected chi connectivity index (χ0v) is 22.4. The predicted molar refractivity (Wildman–Crippen MR) is 140 cm³/mol. The number of benzene rings is 1. The van der Waals surface area contributed by atoms with Gasteiger partial charge in [-0.25, -0.2) is 13.4 Å². The lowest BCUT2D eigenvalue weighted by atomic mass is 10.0. The molecule has 0 bridgehead atoms. The van der Waals surface area contributed by atoms with E-state index in [1.54, 1.807) is 0 Å². The smallest absolute Gasteiger partial charge is 0.191 e. The fourth-order valence-electron chi connectivity index (χ4n) is 3.51. The minimum Gasteiger partial charge on any atom is -0.491 e. The van der Waals surface area contributed by atoms with E-state index in [1.165, 1.54) is 11.8 Å². The SMILES string of the molecule is CCNC(=NCCOc1ccccc1C(C)C)NC1CCN(CCS(C)(=O)=O)CC1.I. The average Bonchev–Trinajstić information content (AvgIpc) is 2.70. The van der Waals surface area contributed by atoms with Crippen LogP contribution in [0.15, 0.2) is 29.3 Å². The van der Waals surface area contributed by atoms with Crippen LogP contribution < -0.4 is 15.4 Å². The number of ether oxygens (including phenoxy) is 1. The van der Waals surface area contributed by atoms with Gasteiger partial charge >= 0.3 is 0 Å². The van der Waals surface area contributed by atoms with Crippen molar-refractivity contribution in [1.29, 1.82) is 0 Å². The monoisotopic (exact) mass is 566 g/mol. The number of aliphatic imine (C=N–C) groups is 1. The number of nitrogens with one attached hydrogen (secondary N) is 2. The molecule has 0 spiro atoms.